The Morgan fingerprint density at radius 1 is 1.50 bits per heavy atom. The summed E-state index contributed by atoms with van der Waals surface area (Å²) in [4.78, 5) is 11.6. The Hall–Kier alpha value is -2.02. The molecule has 0 saturated heterocycles. The van der Waals surface area contributed by atoms with E-state index in [4.69, 9.17) is 5.26 Å². The van der Waals surface area contributed by atoms with Crippen LogP contribution in [-0.2, 0) is 4.79 Å². The van der Waals surface area contributed by atoms with Crippen LogP contribution in [0.2, 0.25) is 0 Å². The molecule has 2 rings (SSSR count). The van der Waals surface area contributed by atoms with Crippen LogP contribution >= 0.6 is 0 Å². The molecule has 18 heavy (non-hydrogen) atoms. The number of carbonyl (C=O) groups is 1. The minimum absolute atomic E-state index is 0.0508. The average molecular weight is 243 g/mol. The van der Waals surface area contributed by atoms with Crippen molar-refractivity contribution in [2.75, 3.05) is 5.32 Å². The predicted octanol–water partition coefficient (Wildman–Crippen LogP) is 1.97. The molecule has 1 amide bonds. The fourth-order valence-corrected chi connectivity index (χ4v) is 1.75. The van der Waals surface area contributed by atoms with E-state index in [9.17, 15) is 4.79 Å². The molecule has 0 bridgehead atoms. The molecule has 1 atom stereocenters. The zero-order chi connectivity index (χ0) is 13.0. The molecule has 1 fully saturated rings. The van der Waals surface area contributed by atoms with E-state index < -0.39 is 6.04 Å². The van der Waals surface area contributed by atoms with Crippen molar-refractivity contribution in [1.29, 1.82) is 5.26 Å². The third-order valence-corrected chi connectivity index (χ3v) is 2.96. The Balaban J connectivity index is 1.90. The van der Waals surface area contributed by atoms with E-state index in [1.165, 1.54) is 0 Å². The van der Waals surface area contributed by atoms with Gasteiger partial charge in [0.1, 0.15) is 6.04 Å². The topological polar surface area (TPSA) is 64.9 Å². The number of nitriles is 1. The Labute approximate surface area is 107 Å². The minimum Gasteiger partial charge on any atom is -0.369 e. The second-order valence-electron chi connectivity index (χ2n) is 4.69. The lowest BCUT2D eigenvalue weighted by Crippen LogP contribution is -2.31. The molecule has 1 aromatic carbocycles. The fourth-order valence-electron chi connectivity index (χ4n) is 1.75. The molecule has 1 unspecified atom stereocenters. The van der Waals surface area contributed by atoms with Gasteiger partial charge in [-0.3, -0.25) is 4.79 Å². The van der Waals surface area contributed by atoms with E-state index in [1.54, 1.807) is 0 Å². The van der Waals surface area contributed by atoms with Crippen molar-refractivity contribution in [2.45, 2.75) is 38.3 Å². The van der Waals surface area contributed by atoms with Crippen LogP contribution in [-0.4, -0.2) is 18.0 Å². The number of nitrogens with zero attached hydrogens (tertiary/aromatic N) is 1. The van der Waals surface area contributed by atoms with Crippen molar-refractivity contribution in [1.82, 2.24) is 5.32 Å². The van der Waals surface area contributed by atoms with E-state index in [1.807, 2.05) is 31.2 Å². The summed E-state index contributed by atoms with van der Waals surface area (Å²) in [6, 6.07) is 9.74. The lowest BCUT2D eigenvalue weighted by molar-refractivity contribution is -0.121. The Kier molecular flexibility index (Phi) is 3.83. The summed E-state index contributed by atoms with van der Waals surface area (Å²) in [7, 11) is 0. The maximum atomic E-state index is 11.6. The Bertz CT molecular complexity index is 474. The van der Waals surface area contributed by atoms with Gasteiger partial charge in [-0.25, -0.2) is 0 Å². The molecule has 1 aromatic rings. The molecule has 1 aliphatic rings. The molecule has 1 saturated carbocycles. The molecule has 4 nitrogen and oxygen atoms in total. The van der Waals surface area contributed by atoms with Crippen LogP contribution in [0.1, 0.15) is 24.8 Å². The van der Waals surface area contributed by atoms with Crippen LogP contribution < -0.4 is 10.6 Å². The summed E-state index contributed by atoms with van der Waals surface area (Å²) in [5, 5.41) is 15.1. The average Bonchev–Trinajstić information content (AvgIpc) is 3.14. The van der Waals surface area contributed by atoms with E-state index in [-0.39, 0.29) is 12.3 Å². The molecule has 0 heterocycles. The van der Waals surface area contributed by atoms with Crippen molar-refractivity contribution in [3.05, 3.63) is 29.8 Å². The van der Waals surface area contributed by atoms with Gasteiger partial charge in [0.15, 0.2) is 0 Å². The molecule has 2 N–H and O–H groups in total. The van der Waals surface area contributed by atoms with E-state index in [0.29, 0.717) is 6.04 Å². The van der Waals surface area contributed by atoms with Crippen LogP contribution in [0.5, 0.6) is 0 Å². The van der Waals surface area contributed by atoms with E-state index in [2.05, 4.69) is 16.7 Å². The van der Waals surface area contributed by atoms with Crippen molar-refractivity contribution in [3.63, 3.8) is 0 Å². The minimum atomic E-state index is -0.482. The largest absolute Gasteiger partial charge is 0.369 e. The number of para-hydroxylation sites is 1. The highest BCUT2D eigenvalue weighted by molar-refractivity contribution is 5.78. The monoisotopic (exact) mass is 243 g/mol. The maximum absolute atomic E-state index is 11.6. The molecule has 94 valence electrons. The number of carbonyl (C=O) groups excluding carboxylic acids is 1. The highest BCUT2D eigenvalue weighted by atomic mass is 16.1. The Morgan fingerprint density at radius 3 is 2.83 bits per heavy atom. The number of rotatable bonds is 5. The molecule has 1 aliphatic carbocycles. The summed E-state index contributed by atoms with van der Waals surface area (Å²) in [5.41, 5.74) is 1.98. The number of amides is 1. The number of nitrogens with one attached hydrogen (secondary N) is 2. The molecule has 0 spiro atoms. The van der Waals surface area contributed by atoms with Crippen molar-refractivity contribution >= 4 is 11.6 Å². The van der Waals surface area contributed by atoms with Gasteiger partial charge in [0.2, 0.25) is 5.91 Å². The standard InChI is InChI=1S/C14H17N3O/c1-10-4-2-3-5-13(10)16-12(9-15)8-14(18)17-11-6-7-11/h2-5,11-12,16H,6-8H2,1H3,(H,17,18). The van der Waals surface area contributed by atoms with Crippen LogP contribution in [0.3, 0.4) is 0 Å². The van der Waals surface area contributed by atoms with Gasteiger partial charge in [-0.05, 0) is 31.4 Å². The molecule has 4 heteroatoms. The van der Waals surface area contributed by atoms with Gasteiger partial charge >= 0.3 is 0 Å². The van der Waals surface area contributed by atoms with Crippen molar-refractivity contribution < 1.29 is 4.79 Å². The van der Waals surface area contributed by atoms with Crippen LogP contribution in [0.15, 0.2) is 24.3 Å². The third-order valence-electron chi connectivity index (χ3n) is 2.96. The normalized spacial score (nSPS) is 15.6. The van der Waals surface area contributed by atoms with Crippen molar-refractivity contribution in [2.24, 2.45) is 0 Å². The van der Waals surface area contributed by atoms with Crippen LogP contribution in [0.4, 0.5) is 5.69 Å². The van der Waals surface area contributed by atoms with Gasteiger partial charge in [-0.1, -0.05) is 18.2 Å². The van der Waals surface area contributed by atoms with Gasteiger partial charge in [-0.15, -0.1) is 0 Å². The lowest BCUT2D eigenvalue weighted by Gasteiger charge is -2.14. The van der Waals surface area contributed by atoms with Gasteiger partial charge in [0.05, 0.1) is 12.5 Å². The number of benzene rings is 1. The summed E-state index contributed by atoms with van der Waals surface area (Å²) < 4.78 is 0. The number of anilines is 1. The van der Waals surface area contributed by atoms with Gasteiger partial charge in [-0.2, -0.15) is 5.26 Å². The summed E-state index contributed by atoms with van der Waals surface area (Å²) in [6.07, 6.45) is 2.32. The predicted molar refractivity (Wildman–Crippen MR) is 70.0 cm³/mol. The Morgan fingerprint density at radius 2 is 2.22 bits per heavy atom. The summed E-state index contributed by atoms with van der Waals surface area (Å²) in [5.74, 6) is -0.0508. The lowest BCUT2D eigenvalue weighted by atomic mass is 10.1. The maximum Gasteiger partial charge on any atom is 0.223 e. The highest BCUT2D eigenvalue weighted by Gasteiger charge is 2.24. The number of hydrogen-bond donors (Lipinski definition) is 2. The van der Waals surface area contributed by atoms with Gasteiger partial charge < -0.3 is 10.6 Å². The quantitative estimate of drug-likeness (QED) is 0.831. The first-order chi connectivity index (χ1) is 8.69. The van der Waals surface area contributed by atoms with Crippen LogP contribution in [0, 0.1) is 18.3 Å². The first-order valence-corrected chi connectivity index (χ1v) is 6.20. The van der Waals surface area contributed by atoms with Gasteiger partial charge in [0, 0.05) is 11.7 Å². The second kappa shape index (κ2) is 5.54. The first-order valence-electron chi connectivity index (χ1n) is 6.20. The molecule has 0 radical (unpaired) electrons. The molecule has 0 aromatic heterocycles. The number of hydrogen-bond acceptors (Lipinski definition) is 3. The zero-order valence-electron chi connectivity index (χ0n) is 10.4. The van der Waals surface area contributed by atoms with Gasteiger partial charge in [0.25, 0.3) is 0 Å². The highest BCUT2D eigenvalue weighted by Crippen LogP contribution is 2.19. The van der Waals surface area contributed by atoms with E-state index in [0.717, 1.165) is 24.1 Å². The van der Waals surface area contributed by atoms with Crippen molar-refractivity contribution in [3.8, 4) is 6.07 Å². The molecule has 0 aliphatic heterocycles. The smallest absolute Gasteiger partial charge is 0.223 e. The fraction of sp³-hybridized carbons (Fsp3) is 0.429. The first kappa shape index (κ1) is 12.4. The zero-order valence-corrected chi connectivity index (χ0v) is 10.4. The summed E-state index contributed by atoms with van der Waals surface area (Å²) in [6.45, 7) is 1.97. The SMILES string of the molecule is Cc1ccccc1NC(C#N)CC(=O)NC1CC1. The molecular formula is C14H17N3O. The second-order valence-corrected chi connectivity index (χ2v) is 4.69. The third kappa shape index (κ3) is 3.49. The summed E-state index contributed by atoms with van der Waals surface area (Å²) >= 11 is 0. The molecular weight excluding hydrogens is 226 g/mol. The van der Waals surface area contributed by atoms with E-state index >= 15 is 0 Å². The van der Waals surface area contributed by atoms with Crippen LogP contribution in [0.25, 0.3) is 0 Å². The number of aryl methyl sites for hydroxylation is 1.